The number of nitrogens with one attached hydrogen (secondary N) is 2. The summed E-state index contributed by atoms with van der Waals surface area (Å²) in [6.07, 6.45) is 4.41. The van der Waals surface area contributed by atoms with Crippen molar-refractivity contribution in [2.24, 2.45) is 0 Å². The average Bonchev–Trinajstić information content (AvgIpc) is 3.16. The molecule has 1 saturated carbocycles. The van der Waals surface area contributed by atoms with Crippen LogP contribution in [0.1, 0.15) is 43.0 Å². The van der Waals surface area contributed by atoms with Crippen molar-refractivity contribution in [3.05, 3.63) is 29.3 Å². The lowest BCUT2D eigenvalue weighted by atomic mass is 10.1. The van der Waals surface area contributed by atoms with Gasteiger partial charge in [-0.25, -0.2) is 4.98 Å². The quantitative estimate of drug-likeness (QED) is 0.910. The van der Waals surface area contributed by atoms with Crippen LogP contribution in [0.25, 0.3) is 10.2 Å². The number of aromatic nitrogens is 1. The highest BCUT2D eigenvalue weighted by molar-refractivity contribution is 7.16. The third-order valence-corrected chi connectivity index (χ3v) is 4.83. The van der Waals surface area contributed by atoms with Crippen LogP contribution >= 0.6 is 11.3 Å². The van der Waals surface area contributed by atoms with Gasteiger partial charge in [0.15, 0.2) is 0 Å². The lowest BCUT2D eigenvalue weighted by Gasteiger charge is -2.17. The molecule has 1 aliphatic rings. The van der Waals surface area contributed by atoms with E-state index < -0.39 is 6.04 Å². The Bertz CT molecular complexity index is 692. The van der Waals surface area contributed by atoms with Crippen LogP contribution in [0.2, 0.25) is 0 Å². The SMILES string of the molecule is CC(NC(=O)c1ccc2ncsc2c1)C(=O)NC1CCCC1. The van der Waals surface area contributed by atoms with Crippen molar-refractivity contribution < 1.29 is 9.59 Å². The van der Waals surface area contributed by atoms with E-state index >= 15 is 0 Å². The molecule has 0 radical (unpaired) electrons. The maximum atomic E-state index is 12.3. The normalized spacial score (nSPS) is 16.6. The first kappa shape index (κ1) is 15.0. The Morgan fingerprint density at radius 1 is 1.32 bits per heavy atom. The van der Waals surface area contributed by atoms with Crippen LogP contribution in [0.4, 0.5) is 0 Å². The van der Waals surface area contributed by atoms with Crippen molar-refractivity contribution >= 4 is 33.4 Å². The van der Waals surface area contributed by atoms with E-state index in [-0.39, 0.29) is 17.9 Å². The predicted octanol–water partition coefficient (Wildman–Crippen LogP) is 2.47. The van der Waals surface area contributed by atoms with E-state index in [0.717, 1.165) is 23.1 Å². The highest BCUT2D eigenvalue weighted by Crippen LogP contribution is 2.19. The molecule has 0 spiro atoms. The maximum Gasteiger partial charge on any atom is 0.251 e. The zero-order valence-electron chi connectivity index (χ0n) is 12.5. The summed E-state index contributed by atoms with van der Waals surface area (Å²) in [6.45, 7) is 1.72. The van der Waals surface area contributed by atoms with Crippen molar-refractivity contribution in [2.45, 2.75) is 44.7 Å². The van der Waals surface area contributed by atoms with E-state index in [1.165, 1.54) is 24.2 Å². The van der Waals surface area contributed by atoms with Crippen LogP contribution in [-0.4, -0.2) is 28.9 Å². The molecule has 3 rings (SSSR count). The van der Waals surface area contributed by atoms with Crippen LogP contribution in [0.3, 0.4) is 0 Å². The molecule has 2 N–H and O–H groups in total. The molecule has 116 valence electrons. The van der Waals surface area contributed by atoms with Crippen molar-refractivity contribution in [1.82, 2.24) is 15.6 Å². The summed E-state index contributed by atoms with van der Waals surface area (Å²) >= 11 is 1.49. The molecule has 0 bridgehead atoms. The van der Waals surface area contributed by atoms with Crippen LogP contribution in [0.5, 0.6) is 0 Å². The van der Waals surface area contributed by atoms with Crippen molar-refractivity contribution in [3.63, 3.8) is 0 Å². The molecule has 22 heavy (non-hydrogen) atoms. The maximum absolute atomic E-state index is 12.3. The largest absolute Gasteiger partial charge is 0.352 e. The van der Waals surface area contributed by atoms with Gasteiger partial charge in [0.2, 0.25) is 5.91 Å². The van der Waals surface area contributed by atoms with Gasteiger partial charge in [0, 0.05) is 11.6 Å². The van der Waals surface area contributed by atoms with Gasteiger partial charge < -0.3 is 10.6 Å². The summed E-state index contributed by atoms with van der Waals surface area (Å²) in [6, 6.07) is 5.10. The minimum absolute atomic E-state index is 0.112. The van der Waals surface area contributed by atoms with Gasteiger partial charge in [-0.3, -0.25) is 9.59 Å². The van der Waals surface area contributed by atoms with Gasteiger partial charge in [-0.05, 0) is 38.0 Å². The fourth-order valence-electron chi connectivity index (χ4n) is 2.74. The van der Waals surface area contributed by atoms with Gasteiger partial charge in [-0.2, -0.15) is 0 Å². The summed E-state index contributed by atoms with van der Waals surface area (Å²) in [5.41, 5.74) is 3.19. The number of fused-ring (bicyclic) bond motifs is 1. The molecule has 1 unspecified atom stereocenters. The summed E-state index contributed by atoms with van der Waals surface area (Å²) in [5, 5.41) is 5.76. The Morgan fingerprint density at radius 2 is 2.09 bits per heavy atom. The fraction of sp³-hybridized carbons (Fsp3) is 0.438. The van der Waals surface area contributed by atoms with Gasteiger partial charge in [-0.15, -0.1) is 11.3 Å². The minimum atomic E-state index is -0.537. The van der Waals surface area contributed by atoms with Crippen molar-refractivity contribution in [1.29, 1.82) is 0 Å². The first-order chi connectivity index (χ1) is 10.6. The van der Waals surface area contributed by atoms with E-state index in [4.69, 9.17) is 0 Å². The second-order valence-corrected chi connectivity index (χ2v) is 6.61. The second-order valence-electron chi connectivity index (χ2n) is 5.72. The highest BCUT2D eigenvalue weighted by atomic mass is 32.1. The third kappa shape index (κ3) is 3.27. The lowest BCUT2D eigenvalue weighted by molar-refractivity contribution is -0.123. The van der Waals surface area contributed by atoms with Crippen LogP contribution in [0.15, 0.2) is 23.7 Å². The molecule has 1 aliphatic carbocycles. The smallest absolute Gasteiger partial charge is 0.251 e. The van der Waals surface area contributed by atoms with E-state index in [0.29, 0.717) is 5.56 Å². The third-order valence-electron chi connectivity index (χ3n) is 4.04. The molecular formula is C16H19N3O2S. The molecule has 1 aromatic heterocycles. The lowest BCUT2D eigenvalue weighted by Crippen LogP contribution is -2.47. The summed E-state index contributed by atoms with van der Waals surface area (Å²) < 4.78 is 0.968. The van der Waals surface area contributed by atoms with Gasteiger partial charge in [0.25, 0.3) is 5.91 Å². The monoisotopic (exact) mass is 317 g/mol. The first-order valence-corrected chi connectivity index (χ1v) is 8.46. The molecule has 2 amide bonds. The van der Waals surface area contributed by atoms with Gasteiger partial charge in [0.05, 0.1) is 15.7 Å². The zero-order chi connectivity index (χ0) is 15.5. The molecule has 1 fully saturated rings. The summed E-state index contributed by atoms with van der Waals surface area (Å²) in [4.78, 5) is 28.5. The van der Waals surface area contributed by atoms with E-state index in [2.05, 4.69) is 15.6 Å². The molecule has 0 aliphatic heterocycles. The number of amides is 2. The molecule has 1 atom stereocenters. The average molecular weight is 317 g/mol. The Kier molecular flexibility index (Phi) is 4.38. The number of benzene rings is 1. The highest BCUT2D eigenvalue weighted by Gasteiger charge is 2.22. The van der Waals surface area contributed by atoms with E-state index in [1.807, 2.05) is 12.1 Å². The summed E-state index contributed by atoms with van der Waals surface area (Å²) in [7, 11) is 0. The number of hydrogen-bond donors (Lipinski definition) is 2. The number of nitrogens with zero attached hydrogens (tertiary/aromatic N) is 1. The number of carbonyl (C=O) groups excluding carboxylic acids is 2. The van der Waals surface area contributed by atoms with E-state index in [9.17, 15) is 9.59 Å². The summed E-state index contributed by atoms with van der Waals surface area (Å²) in [5.74, 6) is -0.344. The van der Waals surface area contributed by atoms with Gasteiger partial charge >= 0.3 is 0 Å². The molecule has 6 heteroatoms. The fourth-order valence-corrected chi connectivity index (χ4v) is 3.45. The molecule has 1 aromatic carbocycles. The topological polar surface area (TPSA) is 71.1 Å². The first-order valence-electron chi connectivity index (χ1n) is 7.58. The molecule has 5 nitrogen and oxygen atoms in total. The number of hydrogen-bond acceptors (Lipinski definition) is 4. The van der Waals surface area contributed by atoms with Gasteiger partial charge in [-0.1, -0.05) is 12.8 Å². The Hall–Kier alpha value is -1.95. The molecule has 0 saturated heterocycles. The number of thiazole rings is 1. The van der Waals surface area contributed by atoms with Gasteiger partial charge in [0.1, 0.15) is 6.04 Å². The van der Waals surface area contributed by atoms with Crippen LogP contribution in [0, 0.1) is 0 Å². The predicted molar refractivity (Wildman–Crippen MR) is 86.9 cm³/mol. The Balaban J connectivity index is 1.60. The van der Waals surface area contributed by atoms with Crippen molar-refractivity contribution in [2.75, 3.05) is 0 Å². The number of carbonyl (C=O) groups is 2. The second kappa shape index (κ2) is 6.44. The number of rotatable bonds is 4. The molecular weight excluding hydrogens is 298 g/mol. The molecule has 1 heterocycles. The Morgan fingerprint density at radius 3 is 2.86 bits per heavy atom. The van der Waals surface area contributed by atoms with Crippen molar-refractivity contribution in [3.8, 4) is 0 Å². The van der Waals surface area contributed by atoms with E-state index in [1.54, 1.807) is 18.5 Å². The molecule has 2 aromatic rings. The zero-order valence-corrected chi connectivity index (χ0v) is 13.3. The van der Waals surface area contributed by atoms with Crippen LogP contribution < -0.4 is 10.6 Å². The standard InChI is InChI=1S/C16H19N3O2S/c1-10(15(20)19-12-4-2-3-5-12)18-16(21)11-6-7-13-14(8-11)22-9-17-13/h6-10,12H,2-5H2,1H3,(H,18,21)(H,19,20). The van der Waals surface area contributed by atoms with Crippen LogP contribution in [-0.2, 0) is 4.79 Å². The Labute approximate surface area is 133 Å². The minimum Gasteiger partial charge on any atom is -0.352 e.